The molecule has 0 saturated carbocycles. The number of benzene rings is 1. The van der Waals surface area contributed by atoms with E-state index in [0.717, 1.165) is 18.5 Å². The molecule has 1 aromatic carbocycles. The molecule has 0 amide bonds. The number of nitrogens with one attached hydrogen (secondary N) is 1. The zero-order valence-corrected chi connectivity index (χ0v) is 10.7. The number of rotatable bonds is 5. The van der Waals surface area contributed by atoms with Gasteiger partial charge in [0.1, 0.15) is 12.0 Å². The zero-order chi connectivity index (χ0) is 13.7. The highest BCUT2D eigenvalue weighted by Gasteiger charge is 2.05. The normalized spacial score (nSPS) is 10.2. The minimum Gasteiger partial charge on any atom is -0.340 e. The van der Waals surface area contributed by atoms with Crippen LogP contribution in [0, 0.1) is 10.1 Å². The number of nitro groups is 1. The molecule has 5 heteroatoms. The minimum atomic E-state index is -0.462. The van der Waals surface area contributed by atoms with Crippen LogP contribution < -0.4 is 5.32 Å². The molecule has 0 radical (unpaired) electrons. The largest absolute Gasteiger partial charge is 0.340 e. The Bertz CT molecular complexity index is 550. The lowest BCUT2D eigenvalue weighted by Crippen LogP contribution is -1.95. The molecule has 19 heavy (non-hydrogen) atoms. The first-order valence-electron chi connectivity index (χ1n) is 6.15. The van der Waals surface area contributed by atoms with Crippen molar-refractivity contribution in [1.82, 2.24) is 4.98 Å². The molecule has 0 aliphatic rings. The van der Waals surface area contributed by atoms with E-state index in [-0.39, 0.29) is 5.69 Å². The number of hydrogen-bond acceptors (Lipinski definition) is 4. The van der Waals surface area contributed by atoms with Crippen LogP contribution in [0.3, 0.4) is 0 Å². The molecule has 1 aromatic heterocycles. The van der Waals surface area contributed by atoms with Gasteiger partial charge in [-0.05, 0) is 30.2 Å². The van der Waals surface area contributed by atoms with Crippen LogP contribution in [0.1, 0.15) is 18.9 Å². The average Bonchev–Trinajstić information content (AvgIpc) is 2.42. The highest BCUT2D eigenvalue weighted by Crippen LogP contribution is 2.18. The van der Waals surface area contributed by atoms with Crippen LogP contribution in [0.5, 0.6) is 0 Å². The summed E-state index contributed by atoms with van der Waals surface area (Å²) >= 11 is 0. The van der Waals surface area contributed by atoms with Crippen molar-refractivity contribution in [3.8, 4) is 0 Å². The van der Waals surface area contributed by atoms with Gasteiger partial charge in [0.2, 0.25) is 0 Å². The van der Waals surface area contributed by atoms with Gasteiger partial charge in [0.15, 0.2) is 0 Å². The van der Waals surface area contributed by atoms with Gasteiger partial charge in [0.05, 0.1) is 4.92 Å². The Hall–Kier alpha value is -2.43. The molecule has 0 spiro atoms. The van der Waals surface area contributed by atoms with E-state index < -0.39 is 4.92 Å². The van der Waals surface area contributed by atoms with E-state index in [1.54, 1.807) is 6.07 Å². The van der Waals surface area contributed by atoms with Crippen molar-refractivity contribution in [2.24, 2.45) is 0 Å². The molecule has 5 nitrogen and oxygen atoms in total. The van der Waals surface area contributed by atoms with Gasteiger partial charge in [0, 0.05) is 11.8 Å². The fourth-order valence-electron chi connectivity index (χ4n) is 1.76. The van der Waals surface area contributed by atoms with Crippen LogP contribution in [0.2, 0.25) is 0 Å². The summed E-state index contributed by atoms with van der Waals surface area (Å²) in [6, 6.07) is 11.1. The van der Waals surface area contributed by atoms with Gasteiger partial charge in [-0.3, -0.25) is 10.1 Å². The van der Waals surface area contributed by atoms with E-state index in [9.17, 15) is 10.1 Å². The van der Waals surface area contributed by atoms with Crippen molar-refractivity contribution < 1.29 is 4.92 Å². The number of hydrogen-bond donors (Lipinski definition) is 1. The SMILES string of the molecule is CCCc1ccc(Nc2ccc([N+](=O)[O-])cn2)cc1. The van der Waals surface area contributed by atoms with E-state index in [2.05, 4.69) is 29.4 Å². The molecule has 0 atom stereocenters. The second-order valence-electron chi connectivity index (χ2n) is 4.23. The van der Waals surface area contributed by atoms with Crippen molar-refractivity contribution in [3.63, 3.8) is 0 Å². The van der Waals surface area contributed by atoms with E-state index in [1.807, 2.05) is 12.1 Å². The molecular weight excluding hydrogens is 242 g/mol. The maximum absolute atomic E-state index is 10.5. The van der Waals surface area contributed by atoms with Gasteiger partial charge in [-0.15, -0.1) is 0 Å². The van der Waals surface area contributed by atoms with Gasteiger partial charge in [-0.1, -0.05) is 25.5 Å². The predicted molar refractivity (Wildman–Crippen MR) is 74.6 cm³/mol. The molecule has 2 aromatic rings. The molecule has 1 N–H and O–H groups in total. The van der Waals surface area contributed by atoms with E-state index in [1.165, 1.54) is 17.8 Å². The number of nitrogens with zero attached hydrogens (tertiary/aromatic N) is 2. The lowest BCUT2D eigenvalue weighted by molar-refractivity contribution is -0.385. The fraction of sp³-hybridized carbons (Fsp3) is 0.214. The topological polar surface area (TPSA) is 68.1 Å². The molecule has 0 bridgehead atoms. The molecule has 98 valence electrons. The van der Waals surface area contributed by atoms with Crippen LogP contribution in [0.15, 0.2) is 42.6 Å². The van der Waals surface area contributed by atoms with Crippen molar-refractivity contribution in [2.45, 2.75) is 19.8 Å². The third-order valence-electron chi connectivity index (χ3n) is 2.72. The van der Waals surface area contributed by atoms with Crippen LogP contribution in [-0.4, -0.2) is 9.91 Å². The number of pyridine rings is 1. The third-order valence-corrected chi connectivity index (χ3v) is 2.72. The highest BCUT2D eigenvalue weighted by molar-refractivity contribution is 5.57. The molecule has 0 saturated heterocycles. The Morgan fingerprint density at radius 3 is 2.47 bits per heavy atom. The van der Waals surface area contributed by atoms with Crippen LogP contribution in [-0.2, 0) is 6.42 Å². The quantitative estimate of drug-likeness (QED) is 0.655. The third kappa shape index (κ3) is 3.51. The first kappa shape index (κ1) is 13.0. The summed E-state index contributed by atoms with van der Waals surface area (Å²) in [5, 5.41) is 13.6. The summed E-state index contributed by atoms with van der Waals surface area (Å²) in [5.74, 6) is 0.592. The maximum atomic E-state index is 10.5. The summed E-state index contributed by atoms with van der Waals surface area (Å²) in [4.78, 5) is 14.1. The summed E-state index contributed by atoms with van der Waals surface area (Å²) in [5.41, 5.74) is 2.20. The van der Waals surface area contributed by atoms with Gasteiger partial charge >= 0.3 is 0 Å². The Kier molecular flexibility index (Phi) is 4.07. The number of aromatic nitrogens is 1. The van der Waals surface area contributed by atoms with E-state index in [4.69, 9.17) is 0 Å². The zero-order valence-electron chi connectivity index (χ0n) is 10.7. The molecule has 1 heterocycles. The predicted octanol–water partition coefficient (Wildman–Crippen LogP) is 3.69. The molecule has 0 fully saturated rings. The first-order chi connectivity index (χ1) is 9.19. The lowest BCUT2D eigenvalue weighted by Gasteiger charge is -2.06. The van der Waals surface area contributed by atoms with Crippen molar-refractivity contribution in [3.05, 3.63) is 58.3 Å². The van der Waals surface area contributed by atoms with Gasteiger partial charge in [0.25, 0.3) is 5.69 Å². The Labute approximate surface area is 111 Å². The standard InChI is InChI=1S/C14H15N3O2/c1-2-3-11-4-6-12(7-5-11)16-14-9-8-13(10-15-14)17(18)19/h4-10H,2-3H2,1H3,(H,15,16). The molecule has 0 aliphatic heterocycles. The Morgan fingerprint density at radius 1 is 1.21 bits per heavy atom. The monoisotopic (exact) mass is 257 g/mol. The van der Waals surface area contributed by atoms with E-state index >= 15 is 0 Å². The lowest BCUT2D eigenvalue weighted by atomic mass is 10.1. The summed E-state index contributed by atoms with van der Waals surface area (Å²) < 4.78 is 0. The second kappa shape index (κ2) is 5.95. The van der Waals surface area contributed by atoms with Crippen LogP contribution in [0.25, 0.3) is 0 Å². The fourth-order valence-corrected chi connectivity index (χ4v) is 1.76. The molecule has 2 rings (SSSR count). The van der Waals surface area contributed by atoms with Gasteiger partial charge in [-0.25, -0.2) is 4.98 Å². The summed E-state index contributed by atoms with van der Waals surface area (Å²) in [6.07, 6.45) is 3.43. The van der Waals surface area contributed by atoms with Gasteiger partial charge in [-0.2, -0.15) is 0 Å². The smallest absolute Gasteiger partial charge is 0.287 e. The summed E-state index contributed by atoms with van der Waals surface area (Å²) in [7, 11) is 0. The average molecular weight is 257 g/mol. The minimum absolute atomic E-state index is 0.0103. The highest BCUT2D eigenvalue weighted by atomic mass is 16.6. The first-order valence-corrected chi connectivity index (χ1v) is 6.15. The van der Waals surface area contributed by atoms with Crippen molar-refractivity contribution in [1.29, 1.82) is 0 Å². The van der Waals surface area contributed by atoms with Crippen LogP contribution >= 0.6 is 0 Å². The van der Waals surface area contributed by atoms with Crippen molar-refractivity contribution in [2.75, 3.05) is 5.32 Å². The Balaban J connectivity index is 2.06. The molecule has 0 aliphatic carbocycles. The Morgan fingerprint density at radius 2 is 1.95 bits per heavy atom. The summed E-state index contributed by atoms with van der Waals surface area (Å²) in [6.45, 7) is 2.15. The molecule has 0 unspecified atom stereocenters. The number of aryl methyl sites for hydroxylation is 1. The van der Waals surface area contributed by atoms with E-state index in [0.29, 0.717) is 5.82 Å². The maximum Gasteiger partial charge on any atom is 0.287 e. The van der Waals surface area contributed by atoms with Gasteiger partial charge < -0.3 is 5.32 Å². The second-order valence-corrected chi connectivity index (χ2v) is 4.23. The number of anilines is 2. The van der Waals surface area contributed by atoms with Crippen molar-refractivity contribution >= 4 is 17.2 Å². The van der Waals surface area contributed by atoms with Crippen LogP contribution in [0.4, 0.5) is 17.2 Å². The molecular formula is C14H15N3O2.